The van der Waals surface area contributed by atoms with Crippen molar-refractivity contribution in [2.45, 2.75) is 19.3 Å². The zero-order chi connectivity index (χ0) is 12.8. The Morgan fingerprint density at radius 2 is 2.33 bits per heavy atom. The van der Waals surface area contributed by atoms with Crippen molar-refractivity contribution in [1.29, 1.82) is 0 Å². The number of carbonyl (C=O) groups is 1. The molecule has 2 aromatic heterocycles. The maximum absolute atomic E-state index is 11.6. The second kappa shape index (κ2) is 6.47. The largest absolute Gasteiger partial charge is 0.309 e. The summed E-state index contributed by atoms with van der Waals surface area (Å²) in [6.07, 6.45) is 5.11. The molecule has 6 heteroatoms. The molecule has 0 unspecified atom stereocenters. The molecule has 2 rings (SSSR count). The van der Waals surface area contributed by atoms with Crippen LogP contribution in [0.5, 0.6) is 0 Å². The molecule has 0 aromatic carbocycles. The van der Waals surface area contributed by atoms with Crippen LogP contribution in [-0.4, -0.2) is 15.9 Å². The summed E-state index contributed by atoms with van der Waals surface area (Å²) in [5.74, 6) is 0.326. The third-order valence-corrected chi connectivity index (χ3v) is 3.40. The van der Waals surface area contributed by atoms with Gasteiger partial charge in [0.25, 0.3) is 0 Å². The Bertz CT molecular complexity index is 516. The van der Waals surface area contributed by atoms with Gasteiger partial charge in [-0.25, -0.2) is 4.98 Å². The van der Waals surface area contributed by atoms with Crippen molar-refractivity contribution in [2.24, 2.45) is 0 Å². The Labute approximate surface area is 114 Å². The molecular weight excluding hydrogens is 270 g/mol. The first kappa shape index (κ1) is 13.0. The van der Waals surface area contributed by atoms with Crippen LogP contribution < -0.4 is 5.32 Å². The van der Waals surface area contributed by atoms with Gasteiger partial charge in [0, 0.05) is 11.3 Å². The van der Waals surface area contributed by atoms with E-state index in [9.17, 15) is 4.79 Å². The molecule has 0 aliphatic heterocycles. The highest BCUT2D eigenvalue weighted by Gasteiger charge is 2.04. The zero-order valence-electron chi connectivity index (χ0n) is 9.60. The van der Waals surface area contributed by atoms with Crippen molar-refractivity contribution >= 4 is 34.7 Å². The number of amides is 1. The van der Waals surface area contributed by atoms with Crippen LogP contribution in [0.1, 0.15) is 17.7 Å². The molecule has 1 amide bonds. The molecule has 1 N–H and O–H groups in total. The summed E-state index contributed by atoms with van der Waals surface area (Å²) >= 11 is 7.39. The molecule has 2 heterocycles. The first-order valence-corrected chi connectivity index (χ1v) is 6.79. The monoisotopic (exact) mass is 281 g/mol. The maximum Gasteiger partial charge on any atom is 0.225 e. The highest BCUT2D eigenvalue weighted by atomic mass is 35.5. The topological polar surface area (TPSA) is 54.9 Å². The quantitative estimate of drug-likeness (QED) is 0.916. The van der Waals surface area contributed by atoms with Crippen molar-refractivity contribution in [2.75, 3.05) is 5.32 Å². The van der Waals surface area contributed by atoms with E-state index < -0.39 is 0 Å². The van der Waals surface area contributed by atoms with Gasteiger partial charge in [-0.3, -0.25) is 9.78 Å². The fourth-order valence-electron chi connectivity index (χ4n) is 1.49. The number of rotatable bonds is 5. The molecule has 18 heavy (non-hydrogen) atoms. The molecule has 0 saturated carbocycles. The lowest BCUT2D eigenvalue weighted by Crippen LogP contribution is -2.12. The van der Waals surface area contributed by atoms with Crippen LogP contribution in [0.4, 0.5) is 5.82 Å². The number of nitrogens with zero attached hydrogens (tertiary/aromatic N) is 2. The minimum atomic E-state index is -0.0666. The zero-order valence-corrected chi connectivity index (χ0v) is 11.2. The predicted octanol–water partition coefficient (Wildman–Crippen LogP) is 3.15. The molecule has 0 aliphatic rings. The van der Waals surface area contributed by atoms with Gasteiger partial charge in [-0.15, -0.1) is 11.3 Å². The van der Waals surface area contributed by atoms with Gasteiger partial charge in [-0.05, 0) is 24.3 Å². The molecule has 0 fully saturated rings. The lowest BCUT2D eigenvalue weighted by molar-refractivity contribution is -0.116. The Balaban J connectivity index is 1.75. The number of hydrogen-bond acceptors (Lipinski definition) is 4. The molecule has 94 valence electrons. The number of aryl methyl sites for hydroxylation is 1. The van der Waals surface area contributed by atoms with Gasteiger partial charge < -0.3 is 5.32 Å². The fraction of sp³-hybridized carbons (Fsp3) is 0.250. The van der Waals surface area contributed by atoms with E-state index in [2.05, 4.69) is 21.4 Å². The highest BCUT2D eigenvalue weighted by Crippen LogP contribution is 2.12. The van der Waals surface area contributed by atoms with E-state index in [-0.39, 0.29) is 11.1 Å². The molecule has 4 nitrogen and oxygen atoms in total. The number of carbonyl (C=O) groups excluding carboxylic acids is 1. The minimum absolute atomic E-state index is 0.0666. The van der Waals surface area contributed by atoms with Crippen molar-refractivity contribution in [3.63, 3.8) is 0 Å². The van der Waals surface area contributed by atoms with Gasteiger partial charge in [0.2, 0.25) is 5.91 Å². The number of halogens is 1. The summed E-state index contributed by atoms with van der Waals surface area (Å²) in [4.78, 5) is 20.7. The first-order chi connectivity index (χ1) is 8.74. The minimum Gasteiger partial charge on any atom is -0.309 e. The van der Waals surface area contributed by atoms with Gasteiger partial charge in [0.05, 0.1) is 12.4 Å². The van der Waals surface area contributed by atoms with E-state index >= 15 is 0 Å². The second-order valence-electron chi connectivity index (χ2n) is 3.71. The lowest BCUT2D eigenvalue weighted by Gasteiger charge is -2.03. The van der Waals surface area contributed by atoms with Crippen LogP contribution in [0.3, 0.4) is 0 Å². The summed E-state index contributed by atoms with van der Waals surface area (Å²) < 4.78 is 0. The van der Waals surface area contributed by atoms with Crippen LogP contribution in [0.2, 0.25) is 5.15 Å². The highest BCUT2D eigenvalue weighted by molar-refractivity contribution is 7.09. The summed E-state index contributed by atoms with van der Waals surface area (Å²) in [6.45, 7) is 0. The third kappa shape index (κ3) is 4.09. The molecule has 0 atom stereocenters. The van der Waals surface area contributed by atoms with Gasteiger partial charge in [-0.2, -0.15) is 0 Å². The molecule has 0 radical (unpaired) electrons. The lowest BCUT2D eigenvalue weighted by atomic mass is 10.2. The van der Waals surface area contributed by atoms with Crippen molar-refractivity contribution in [1.82, 2.24) is 9.97 Å². The first-order valence-electron chi connectivity index (χ1n) is 5.54. The standard InChI is InChI=1S/C12H12ClN3OS/c13-10-7-14-8-11(15-10)16-12(17)5-1-3-9-4-2-6-18-9/h2,4,6-8H,1,3,5H2,(H,15,16,17). The number of hydrogen-bond donors (Lipinski definition) is 1. The molecule has 0 spiro atoms. The van der Waals surface area contributed by atoms with Crippen LogP contribution in [0.15, 0.2) is 29.9 Å². The number of anilines is 1. The normalized spacial score (nSPS) is 10.3. The van der Waals surface area contributed by atoms with Crippen LogP contribution in [0.25, 0.3) is 0 Å². The maximum atomic E-state index is 11.6. The van der Waals surface area contributed by atoms with Crippen molar-refractivity contribution < 1.29 is 4.79 Å². The number of nitrogens with one attached hydrogen (secondary N) is 1. The molecular formula is C12H12ClN3OS. The van der Waals surface area contributed by atoms with Crippen molar-refractivity contribution in [3.05, 3.63) is 39.9 Å². The molecule has 0 bridgehead atoms. The smallest absolute Gasteiger partial charge is 0.225 e. The van der Waals surface area contributed by atoms with Crippen molar-refractivity contribution in [3.8, 4) is 0 Å². The van der Waals surface area contributed by atoms with Gasteiger partial charge >= 0.3 is 0 Å². The SMILES string of the molecule is O=C(CCCc1cccs1)Nc1cncc(Cl)n1. The Morgan fingerprint density at radius 3 is 3.06 bits per heavy atom. The predicted molar refractivity (Wildman–Crippen MR) is 72.9 cm³/mol. The van der Waals surface area contributed by atoms with E-state index in [1.807, 2.05) is 11.4 Å². The molecule has 0 saturated heterocycles. The average molecular weight is 282 g/mol. The average Bonchev–Trinajstić information content (AvgIpc) is 2.82. The molecule has 2 aromatic rings. The Morgan fingerprint density at radius 1 is 1.44 bits per heavy atom. The second-order valence-corrected chi connectivity index (χ2v) is 5.13. The Kier molecular flexibility index (Phi) is 4.66. The summed E-state index contributed by atoms with van der Waals surface area (Å²) in [6, 6.07) is 4.09. The van der Waals surface area contributed by atoms with Gasteiger partial charge in [-0.1, -0.05) is 17.7 Å². The third-order valence-electron chi connectivity index (χ3n) is 2.28. The van der Waals surface area contributed by atoms with E-state index in [1.54, 1.807) is 11.3 Å². The Hall–Kier alpha value is -1.46. The van der Waals surface area contributed by atoms with Crippen LogP contribution in [0, 0.1) is 0 Å². The molecule has 0 aliphatic carbocycles. The summed E-state index contributed by atoms with van der Waals surface area (Å²) in [7, 11) is 0. The van der Waals surface area contributed by atoms with Crippen LogP contribution in [-0.2, 0) is 11.2 Å². The summed E-state index contributed by atoms with van der Waals surface area (Å²) in [5.41, 5.74) is 0. The van der Waals surface area contributed by atoms with E-state index in [0.29, 0.717) is 12.2 Å². The van der Waals surface area contributed by atoms with E-state index in [0.717, 1.165) is 12.8 Å². The summed E-state index contributed by atoms with van der Waals surface area (Å²) in [5, 5.41) is 4.98. The van der Waals surface area contributed by atoms with E-state index in [4.69, 9.17) is 11.6 Å². The number of thiophene rings is 1. The number of aromatic nitrogens is 2. The fourth-order valence-corrected chi connectivity index (χ4v) is 2.38. The van der Waals surface area contributed by atoms with E-state index in [1.165, 1.54) is 17.3 Å². The van der Waals surface area contributed by atoms with Crippen LogP contribution >= 0.6 is 22.9 Å². The van der Waals surface area contributed by atoms with Gasteiger partial charge in [0.15, 0.2) is 5.82 Å². The van der Waals surface area contributed by atoms with Gasteiger partial charge in [0.1, 0.15) is 5.15 Å².